The second-order valence-corrected chi connectivity index (χ2v) is 7.08. The second kappa shape index (κ2) is 8.32. The van der Waals surface area contributed by atoms with Crippen molar-refractivity contribution < 1.29 is 0 Å². The minimum atomic E-state index is 0.545. The maximum absolute atomic E-state index is 5.77. The Morgan fingerprint density at radius 1 is 0.893 bits per heavy atom. The van der Waals surface area contributed by atoms with E-state index in [0.29, 0.717) is 6.54 Å². The highest BCUT2D eigenvalue weighted by molar-refractivity contribution is 5.92. The molecule has 0 aliphatic heterocycles. The number of nitrogens with zero attached hydrogens (tertiary/aromatic N) is 2. The fourth-order valence-corrected chi connectivity index (χ4v) is 3.55. The van der Waals surface area contributed by atoms with E-state index in [-0.39, 0.29) is 0 Å². The fourth-order valence-electron chi connectivity index (χ4n) is 3.55. The van der Waals surface area contributed by atoms with Gasteiger partial charge in [0.05, 0.1) is 11.2 Å². The summed E-state index contributed by atoms with van der Waals surface area (Å²) in [4.78, 5) is 9.73. The first kappa shape index (κ1) is 18.3. The lowest BCUT2D eigenvalue weighted by Gasteiger charge is -2.13. The van der Waals surface area contributed by atoms with Crippen molar-refractivity contribution in [3.8, 4) is 22.4 Å². The number of pyridine rings is 2. The van der Waals surface area contributed by atoms with Crippen LogP contribution in [0.1, 0.15) is 31.0 Å². The molecule has 4 aromatic rings. The summed E-state index contributed by atoms with van der Waals surface area (Å²) in [7, 11) is 0. The van der Waals surface area contributed by atoms with Crippen LogP contribution in [0.3, 0.4) is 0 Å². The molecule has 3 nitrogen and oxygen atoms in total. The summed E-state index contributed by atoms with van der Waals surface area (Å²) in [5.74, 6) is 0. The molecule has 2 aromatic heterocycles. The van der Waals surface area contributed by atoms with Gasteiger partial charge in [-0.05, 0) is 36.1 Å². The Morgan fingerprint density at radius 3 is 2.39 bits per heavy atom. The average molecular weight is 367 g/mol. The van der Waals surface area contributed by atoms with Crippen LogP contribution in [0.25, 0.3) is 33.3 Å². The topological polar surface area (TPSA) is 51.8 Å². The SMILES string of the molecule is CCCCc1nccc2nc(-c3ccc(CN)cc3)c(-c3ccccc3)cc12. The van der Waals surface area contributed by atoms with Crippen molar-refractivity contribution in [2.45, 2.75) is 32.7 Å². The number of hydrogen-bond acceptors (Lipinski definition) is 3. The minimum Gasteiger partial charge on any atom is -0.326 e. The molecule has 4 rings (SSSR count). The highest BCUT2D eigenvalue weighted by Crippen LogP contribution is 2.34. The molecule has 0 radical (unpaired) electrons. The quantitative estimate of drug-likeness (QED) is 0.471. The molecule has 0 aliphatic carbocycles. The van der Waals surface area contributed by atoms with Crippen LogP contribution in [0.5, 0.6) is 0 Å². The molecule has 2 heterocycles. The number of aromatic nitrogens is 2. The predicted molar refractivity (Wildman–Crippen MR) is 117 cm³/mol. The lowest BCUT2D eigenvalue weighted by atomic mass is 9.96. The molecule has 0 fully saturated rings. The van der Waals surface area contributed by atoms with E-state index in [1.165, 1.54) is 5.56 Å². The monoisotopic (exact) mass is 367 g/mol. The van der Waals surface area contributed by atoms with E-state index < -0.39 is 0 Å². The van der Waals surface area contributed by atoms with Gasteiger partial charge >= 0.3 is 0 Å². The standard InChI is InChI=1S/C25H25N3/c1-2-3-9-23-22-16-21(19-7-5-4-6-8-19)25(28-24(22)14-15-27-23)20-12-10-18(17-26)11-13-20/h4-8,10-16H,2-3,9,17,26H2,1H3. The van der Waals surface area contributed by atoms with E-state index in [1.54, 1.807) is 0 Å². The number of hydrogen-bond donors (Lipinski definition) is 1. The summed E-state index contributed by atoms with van der Waals surface area (Å²) in [6, 6.07) is 23.1. The van der Waals surface area contributed by atoms with Gasteiger partial charge in [-0.1, -0.05) is 67.9 Å². The molecule has 0 bridgehead atoms. The third-order valence-electron chi connectivity index (χ3n) is 5.14. The first-order chi connectivity index (χ1) is 13.8. The van der Waals surface area contributed by atoms with E-state index in [2.05, 4.69) is 66.5 Å². The van der Waals surface area contributed by atoms with Gasteiger partial charge in [-0.25, -0.2) is 4.98 Å². The number of nitrogens with two attached hydrogens (primary N) is 1. The smallest absolute Gasteiger partial charge is 0.0788 e. The molecule has 2 N–H and O–H groups in total. The van der Waals surface area contributed by atoms with E-state index in [4.69, 9.17) is 10.7 Å². The Morgan fingerprint density at radius 2 is 1.68 bits per heavy atom. The van der Waals surface area contributed by atoms with E-state index in [0.717, 1.165) is 58.2 Å². The lowest BCUT2D eigenvalue weighted by molar-refractivity contribution is 0.782. The van der Waals surface area contributed by atoms with E-state index in [1.807, 2.05) is 18.3 Å². The Balaban J connectivity index is 1.94. The van der Waals surface area contributed by atoms with Gasteiger partial charge in [0, 0.05) is 34.9 Å². The van der Waals surface area contributed by atoms with Crippen LogP contribution < -0.4 is 5.73 Å². The Hall–Kier alpha value is -3.04. The molecule has 0 spiro atoms. The molecular weight excluding hydrogens is 342 g/mol. The van der Waals surface area contributed by atoms with Gasteiger partial charge in [-0.3, -0.25) is 4.98 Å². The average Bonchev–Trinajstić information content (AvgIpc) is 2.77. The summed E-state index contributed by atoms with van der Waals surface area (Å²) in [6.45, 7) is 2.76. The molecule has 0 saturated heterocycles. The maximum atomic E-state index is 5.77. The van der Waals surface area contributed by atoms with Crippen molar-refractivity contribution in [1.82, 2.24) is 9.97 Å². The van der Waals surface area contributed by atoms with Crippen LogP contribution in [0.15, 0.2) is 72.9 Å². The zero-order valence-electron chi connectivity index (χ0n) is 16.2. The third kappa shape index (κ3) is 3.67. The first-order valence-electron chi connectivity index (χ1n) is 9.93. The van der Waals surface area contributed by atoms with E-state index in [9.17, 15) is 0 Å². The van der Waals surface area contributed by atoms with Crippen LogP contribution >= 0.6 is 0 Å². The fraction of sp³-hybridized carbons (Fsp3) is 0.200. The Kier molecular flexibility index (Phi) is 5.45. The number of benzene rings is 2. The van der Waals surface area contributed by atoms with Crippen molar-refractivity contribution in [3.05, 3.63) is 84.2 Å². The Labute approximate surface area is 166 Å². The lowest BCUT2D eigenvalue weighted by Crippen LogP contribution is -1.98. The van der Waals surface area contributed by atoms with Gasteiger partial charge in [0.1, 0.15) is 0 Å². The highest BCUT2D eigenvalue weighted by atomic mass is 14.7. The number of aryl methyl sites for hydroxylation is 1. The summed E-state index contributed by atoms with van der Waals surface area (Å²) < 4.78 is 0. The number of unbranched alkanes of at least 4 members (excludes halogenated alkanes) is 1. The van der Waals surface area contributed by atoms with Crippen LogP contribution in [0.4, 0.5) is 0 Å². The van der Waals surface area contributed by atoms with Gasteiger partial charge in [0.15, 0.2) is 0 Å². The first-order valence-corrected chi connectivity index (χ1v) is 9.93. The summed E-state index contributed by atoms with van der Waals surface area (Å²) in [5, 5.41) is 1.15. The molecule has 0 unspecified atom stereocenters. The zero-order chi connectivity index (χ0) is 19.3. The normalized spacial score (nSPS) is 11.1. The van der Waals surface area contributed by atoms with Crippen molar-refractivity contribution >= 4 is 10.9 Å². The molecule has 0 saturated carbocycles. The maximum Gasteiger partial charge on any atom is 0.0788 e. The van der Waals surface area contributed by atoms with E-state index >= 15 is 0 Å². The molecular formula is C25H25N3. The molecule has 0 atom stereocenters. The molecule has 140 valence electrons. The summed E-state index contributed by atoms with van der Waals surface area (Å²) in [6.07, 6.45) is 5.15. The molecule has 0 amide bonds. The zero-order valence-corrected chi connectivity index (χ0v) is 16.2. The number of fused-ring (bicyclic) bond motifs is 1. The third-order valence-corrected chi connectivity index (χ3v) is 5.14. The van der Waals surface area contributed by atoms with Crippen LogP contribution in [-0.2, 0) is 13.0 Å². The second-order valence-electron chi connectivity index (χ2n) is 7.08. The van der Waals surface area contributed by atoms with Crippen LogP contribution in [0.2, 0.25) is 0 Å². The summed E-state index contributed by atoms with van der Waals surface area (Å²) >= 11 is 0. The van der Waals surface area contributed by atoms with Gasteiger partial charge < -0.3 is 5.73 Å². The van der Waals surface area contributed by atoms with Gasteiger partial charge in [0.25, 0.3) is 0 Å². The predicted octanol–water partition coefficient (Wildman–Crippen LogP) is 5.77. The van der Waals surface area contributed by atoms with Crippen molar-refractivity contribution in [3.63, 3.8) is 0 Å². The molecule has 3 heteroatoms. The van der Waals surface area contributed by atoms with Crippen molar-refractivity contribution in [1.29, 1.82) is 0 Å². The van der Waals surface area contributed by atoms with Gasteiger partial charge in [0.2, 0.25) is 0 Å². The minimum absolute atomic E-state index is 0.545. The van der Waals surface area contributed by atoms with Crippen molar-refractivity contribution in [2.24, 2.45) is 5.73 Å². The van der Waals surface area contributed by atoms with Crippen molar-refractivity contribution in [2.75, 3.05) is 0 Å². The van der Waals surface area contributed by atoms with Gasteiger partial charge in [-0.2, -0.15) is 0 Å². The summed E-state index contributed by atoms with van der Waals surface area (Å²) in [5.41, 5.74) is 13.4. The van der Waals surface area contributed by atoms with Gasteiger partial charge in [-0.15, -0.1) is 0 Å². The molecule has 28 heavy (non-hydrogen) atoms. The number of rotatable bonds is 6. The van der Waals surface area contributed by atoms with Crippen LogP contribution in [-0.4, -0.2) is 9.97 Å². The Bertz CT molecular complexity index is 1070. The molecule has 0 aliphatic rings. The molecule has 2 aromatic carbocycles. The largest absolute Gasteiger partial charge is 0.326 e. The highest BCUT2D eigenvalue weighted by Gasteiger charge is 2.13. The van der Waals surface area contributed by atoms with Crippen LogP contribution in [0, 0.1) is 0 Å².